The molecule has 38 heavy (non-hydrogen) atoms. The molecule has 0 fully saturated rings. The van der Waals surface area contributed by atoms with E-state index in [0.717, 1.165) is 49.0 Å². The van der Waals surface area contributed by atoms with Crippen LogP contribution >= 0.6 is 12.6 Å². The summed E-state index contributed by atoms with van der Waals surface area (Å²) in [6.07, 6.45) is 3.77. The molecule has 6 nitrogen and oxygen atoms in total. The van der Waals surface area contributed by atoms with Crippen molar-refractivity contribution >= 4 is 30.3 Å². The number of carboxylic acids is 1. The van der Waals surface area contributed by atoms with Crippen LogP contribution in [0.15, 0.2) is 78.9 Å². The number of nitrogens with one attached hydrogen (secondary N) is 2. The number of unbranched alkanes of at least 4 members (excludes halogenated alkanes) is 2. The summed E-state index contributed by atoms with van der Waals surface area (Å²) in [6, 6.07) is 24.7. The Bertz CT molecular complexity index is 1180. The summed E-state index contributed by atoms with van der Waals surface area (Å²) in [6.45, 7) is 1.64. The molecule has 0 aliphatic rings. The van der Waals surface area contributed by atoms with Gasteiger partial charge in [-0.2, -0.15) is 12.6 Å². The molecule has 3 rings (SSSR count). The molecule has 0 aliphatic heterocycles. The van der Waals surface area contributed by atoms with E-state index in [9.17, 15) is 19.5 Å². The molecule has 0 heterocycles. The molecule has 0 aromatic heterocycles. The molecule has 3 N–H and O–H groups in total. The fourth-order valence-corrected chi connectivity index (χ4v) is 4.56. The summed E-state index contributed by atoms with van der Waals surface area (Å²) in [5, 5.41) is 15.6. The predicted octanol–water partition coefficient (Wildman–Crippen LogP) is 5.18. The number of Topliss-reactive ketones (excluding diaryl/α,β-unsaturated/α-hetero) is 1. The summed E-state index contributed by atoms with van der Waals surface area (Å²) in [4.78, 5) is 36.1. The van der Waals surface area contributed by atoms with Gasteiger partial charge in [-0.1, -0.05) is 79.2 Å². The van der Waals surface area contributed by atoms with Crippen LogP contribution in [-0.4, -0.2) is 41.6 Å². The number of ketones is 1. The Morgan fingerprint density at radius 2 is 1.53 bits per heavy atom. The number of carbonyl (C=O) groups excluding carboxylic acids is 2. The molecular weight excluding hydrogens is 496 g/mol. The number of hydrogen-bond acceptors (Lipinski definition) is 5. The van der Waals surface area contributed by atoms with Gasteiger partial charge in [-0.15, -0.1) is 0 Å². The van der Waals surface area contributed by atoms with Gasteiger partial charge in [-0.3, -0.25) is 9.59 Å². The third-order valence-electron chi connectivity index (χ3n) is 6.44. The normalized spacial score (nSPS) is 11.6. The minimum Gasteiger partial charge on any atom is -0.478 e. The average molecular weight is 533 g/mol. The first-order chi connectivity index (χ1) is 18.5. The highest BCUT2D eigenvalue weighted by Gasteiger charge is 2.18. The summed E-state index contributed by atoms with van der Waals surface area (Å²) in [5.74, 6) is -0.825. The van der Waals surface area contributed by atoms with E-state index in [2.05, 4.69) is 23.3 Å². The monoisotopic (exact) mass is 532 g/mol. The van der Waals surface area contributed by atoms with Gasteiger partial charge in [0.2, 0.25) is 5.91 Å². The van der Waals surface area contributed by atoms with Gasteiger partial charge in [0.15, 0.2) is 5.78 Å². The summed E-state index contributed by atoms with van der Waals surface area (Å²) < 4.78 is 0. The zero-order chi connectivity index (χ0) is 27.2. The van der Waals surface area contributed by atoms with E-state index in [4.69, 9.17) is 0 Å². The van der Waals surface area contributed by atoms with E-state index in [1.54, 1.807) is 12.1 Å². The fraction of sp³-hybridized carbons (Fsp3) is 0.323. The molecule has 7 heteroatoms. The molecule has 1 atom stereocenters. The highest BCUT2D eigenvalue weighted by atomic mass is 32.1. The van der Waals surface area contributed by atoms with Gasteiger partial charge in [0, 0.05) is 18.7 Å². The third kappa shape index (κ3) is 9.47. The number of aromatic carboxylic acids is 1. The topological polar surface area (TPSA) is 95.5 Å². The van der Waals surface area contributed by atoms with Crippen molar-refractivity contribution in [3.05, 3.63) is 95.6 Å². The summed E-state index contributed by atoms with van der Waals surface area (Å²) in [5.41, 5.74) is 4.09. The van der Waals surface area contributed by atoms with E-state index < -0.39 is 5.97 Å². The number of benzene rings is 3. The third-order valence-corrected chi connectivity index (χ3v) is 6.88. The first-order valence-corrected chi connectivity index (χ1v) is 13.7. The maximum atomic E-state index is 12.4. The first-order valence-electron chi connectivity index (χ1n) is 13.0. The average Bonchev–Trinajstić information content (AvgIpc) is 2.95. The van der Waals surface area contributed by atoms with Crippen molar-refractivity contribution in [1.82, 2.24) is 10.6 Å². The van der Waals surface area contributed by atoms with Gasteiger partial charge in [0.25, 0.3) is 0 Å². The van der Waals surface area contributed by atoms with Gasteiger partial charge < -0.3 is 15.7 Å². The van der Waals surface area contributed by atoms with Crippen LogP contribution in [0.2, 0.25) is 0 Å². The van der Waals surface area contributed by atoms with Crippen LogP contribution in [0.5, 0.6) is 0 Å². The van der Waals surface area contributed by atoms with Crippen molar-refractivity contribution < 1.29 is 19.5 Å². The molecule has 0 aliphatic carbocycles. The summed E-state index contributed by atoms with van der Waals surface area (Å²) in [7, 11) is 0. The van der Waals surface area contributed by atoms with Crippen LogP contribution in [0.1, 0.15) is 47.2 Å². The number of thiol groups is 1. The molecule has 3 aromatic carbocycles. The molecule has 0 radical (unpaired) electrons. The molecule has 0 spiro atoms. The van der Waals surface area contributed by atoms with Crippen molar-refractivity contribution in [2.24, 2.45) is 5.92 Å². The largest absolute Gasteiger partial charge is 0.478 e. The van der Waals surface area contributed by atoms with Gasteiger partial charge in [0.05, 0.1) is 18.0 Å². The van der Waals surface area contributed by atoms with E-state index in [-0.39, 0.29) is 24.2 Å². The second kappa shape index (κ2) is 15.7. The molecule has 1 amide bonds. The zero-order valence-electron chi connectivity index (χ0n) is 21.6. The van der Waals surface area contributed by atoms with Crippen LogP contribution in [0.4, 0.5) is 0 Å². The Morgan fingerprint density at radius 3 is 2.24 bits per heavy atom. The fourth-order valence-electron chi connectivity index (χ4n) is 4.26. The van der Waals surface area contributed by atoms with Gasteiger partial charge >= 0.3 is 5.97 Å². The predicted molar refractivity (Wildman–Crippen MR) is 155 cm³/mol. The van der Waals surface area contributed by atoms with Crippen LogP contribution < -0.4 is 10.6 Å². The molecule has 0 saturated carbocycles. The molecular formula is C31H36N2O4S. The summed E-state index contributed by atoms with van der Waals surface area (Å²) >= 11 is 4.31. The number of rotatable bonds is 16. The molecule has 1 unspecified atom stereocenters. The maximum absolute atomic E-state index is 12.4. The highest BCUT2D eigenvalue weighted by molar-refractivity contribution is 7.80. The Balaban J connectivity index is 1.27. The van der Waals surface area contributed by atoms with Gasteiger partial charge in [-0.25, -0.2) is 4.79 Å². The highest BCUT2D eigenvalue weighted by Crippen LogP contribution is 2.24. The second-order valence-corrected chi connectivity index (χ2v) is 9.73. The van der Waals surface area contributed by atoms with Gasteiger partial charge in [-0.05, 0) is 54.1 Å². The molecule has 200 valence electrons. The molecule has 0 saturated heterocycles. The van der Waals surface area contributed by atoms with E-state index in [1.807, 2.05) is 66.7 Å². The lowest BCUT2D eigenvalue weighted by Crippen LogP contribution is -2.36. The molecule has 0 bridgehead atoms. The van der Waals surface area contributed by atoms with Crippen molar-refractivity contribution in [2.45, 2.75) is 38.6 Å². The van der Waals surface area contributed by atoms with E-state index in [1.165, 1.54) is 0 Å². The van der Waals surface area contributed by atoms with Gasteiger partial charge in [0.1, 0.15) is 0 Å². The zero-order valence-corrected chi connectivity index (χ0v) is 22.5. The van der Waals surface area contributed by atoms with Crippen molar-refractivity contribution in [1.29, 1.82) is 0 Å². The Hall–Kier alpha value is -3.42. The van der Waals surface area contributed by atoms with Crippen LogP contribution in [0, 0.1) is 5.92 Å². The number of hydrogen-bond donors (Lipinski definition) is 4. The minimum atomic E-state index is -0.932. The quantitative estimate of drug-likeness (QED) is 0.151. The Kier molecular flexibility index (Phi) is 12.1. The van der Waals surface area contributed by atoms with Crippen LogP contribution in [-0.2, 0) is 22.6 Å². The second-order valence-electron chi connectivity index (χ2n) is 9.36. The lowest BCUT2D eigenvalue weighted by molar-refractivity contribution is -0.127. The Morgan fingerprint density at radius 1 is 0.816 bits per heavy atom. The lowest BCUT2D eigenvalue weighted by atomic mass is 9.99. The number of amides is 1. The van der Waals surface area contributed by atoms with Crippen LogP contribution in [0.3, 0.4) is 0 Å². The number of carboxylic acid groups (broad SMARTS) is 1. The van der Waals surface area contributed by atoms with E-state index in [0.29, 0.717) is 29.7 Å². The first kappa shape index (κ1) is 29.1. The van der Waals surface area contributed by atoms with Crippen molar-refractivity contribution in [2.75, 3.05) is 18.8 Å². The van der Waals surface area contributed by atoms with Crippen molar-refractivity contribution in [3.8, 4) is 11.1 Å². The lowest BCUT2D eigenvalue weighted by Gasteiger charge is -2.14. The number of carbonyl (C=O) groups is 3. The Labute approximate surface area is 230 Å². The van der Waals surface area contributed by atoms with Crippen LogP contribution in [0.25, 0.3) is 11.1 Å². The smallest absolute Gasteiger partial charge is 0.336 e. The van der Waals surface area contributed by atoms with Crippen molar-refractivity contribution in [3.63, 3.8) is 0 Å². The SMILES string of the molecule is O=C(CCCCCNCc1ccc(-c2ccccc2C(=O)O)cc1)CNC(=O)C(CS)Cc1ccccc1. The standard InChI is InChI=1S/C31H36N2O4S/c34-27(21-33-30(35)26(22-38)19-23-9-3-1-4-10-23)11-5-2-8-18-32-20-24-14-16-25(17-15-24)28-12-6-7-13-29(28)31(36)37/h1,3-4,6-7,9-10,12-17,26,32,38H,2,5,8,11,18-22H2,(H,33,35)(H,36,37). The maximum Gasteiger partial charge on any atom is 0.336 e. The molecule has 3 aromatic rings. The minimum absolute atomic E-state index is 0.0495. The van der Waals surface area contributed by atoms with E-state index >= 15 is 0 Å².